The lowest BCUT2D eigenvalue weighted by Crippen LogP contribution is -2.42. The van der Waals surface area contributed by atoms with Gasteiger partial charge < -0.3 is 14.6 Å². The Hall–Kier alpha value is -1.10. The van der Waals surface area contributed by atoms with Crippen molar-refractivity contribution in [3.8, 4) is 5.75 Å². The first-order chi connectivity index (χ1) is 9.97. The second-order valence-electron chi connectivity index (χ2n) is 6.62. The van der Waals surface area contributed by atoms with E-state index in [9.17, 15) is 5.11 Å². The molecule has 1 aromatic carbocycles. The molecule has 0 saturated carbocycles. The molecule has 1 saturated heterocycles. The van der Waals surface area contributed by atoms with Gasteiger partial charge in [-0.25, -0.2) is 0 Å². The molecular weight excluding hydrogens is 266 g/mol. The molecule has 1 aromatic rings. The minimum absolute atomic E-state index is 0.0335. The summed E-state index contributed by atoms with van der Waals surface area (Å²) in [6.45, 7) is 10.7. The van der Waals surface area contributed by atoms with Gasteiger partial charge in [-0.3, -0.25) is 4.90 Å². The van der Waals surface area contributed by atoms with Crippen molar-refractivity contribution in [3.05, 3.63) is 29.8 Å². The quantitative estimate of drug-likeness (QED) is 0.902. The smallest absolute Gasteiger partial charge is 0.123 e. The van der Waals surface area contributed by atoms with Gasteiger partial charge in [0.2, 0.25) is 0 Å². The first kappa shape index (κ1) is 16.3. The number of hydrogen-bond acceptors (Lipinski definition) is 4. The van der Waals surface area contributed by atoms with Gasteiger partial charge >= 0.3 is 0 Å². The number of para-hydroxylation sites is 1. The zero-order valence-corrected chi connectivity index (χ0v) is 13.3. The summed E-state index contributed by atoms with van der Waals surface area (Å²) >= 11 is 0. The fraction of sp³-hybridized carbons (Fsp3) is 0.647. The summed E-state index contributed by atoms with van der Waals surface area (Å²) in [6.07, 6.45) is -0.476. The number of benzene rings is 1. The highest BCUT2D eigenvalue weighted by Crippen LogP contribution is 2.30. The number of aliphatic hydroxyl groups is 1. The van der Waals surface area contributed by atoms with E-state index in [0.29, 0.717) is 13.2 Å². The summed E-state index contributed by atoms with van der Waals surface area (Å²) in [5, 5.41) is 10.1. The molecule has 0 aromatic heterocycles. The highest BCUT2D eigenvalue weighted by Gasteiger charge is 2.20. The van der Waals surface area contributed by atoms with Crippen molar-refractivity contribution < 1.29 is 14.6 Å². The minimum atomic E-state index is -0.476. The molecule has 4 heteroatoms. The third-order valence-electron chi connectivity index (χ3n) is 3.70. The number of ether oxygens (including phenoxy) is 2. The number of morpholine rings is 1. The molecule has 21 heavy (non-hydrogen) atoms. The highest BCUT2D eigenvalue weighted by atomic mass is 16.5. The summed E-state index contributed by atoms with van der Waals surface area (Å²) in [6, 6.07) is 8.06. The normalized spacial score (nSPS) is 18.5. The predicted molar refractivity (Wildman–Crippen MR) is 83.9 cm³/mol. The van der Waals surface area contributed by atoms with E-state index >= 15 is 0 Å². The first-order valence-corrected chi connectivity index (χ1v) is 7.67. The van der Waals surface area contributed by atoms with Crippen LogP contribution >= 0.6 is 0 Å². The number of rotatable bonds is 5. The van der Waals surface area contributed by atoms with Crippen LogP contribution in [0.2, 0.25) is 0 Å². The Bertz CT molecular complexity index is 436. The van der Waals surface area contributed by atoms with Gasteiger partial charge in [0.1, 0.15) is 18.5 Å². The number of nitrogens with zero attached hydrogens (tertiary/aromatic N) is 1. The SMILES string of the molecule is CC(C)(C)c1ccccc1OC[C@H](O)CN1CCOCC1. The van der Waals surface area contributed by atoms with Gasteiger partial charge in [-0.15, -0.1) is 0 Å². The van der Waals surface area contributed by atoms with E-state index in [1.807, 2.05) is 18.2 Å². The van der Waals surface area contributed by atoms with E-state index in [0.717, 1.165) is 32.1 Å². The summed E-state index contributed by atoms with van der Waals surface area (Å²) in [7, 11) is 0. The van der Waals surface area contributed by atoms with Gasteiger partial charge in [-0.05, 0) is 17.0 Å². The zero-order valence-electron chi connectivity index (χ0n) is 13.3. The van der Waals surface area contributed by atoms with Crippen molar-refractivity contribution in [1.82, 2.24) is 4.90 Å². The van der Waals surface area contributed by atoms with E-state index in [1.54, 1.807) is 0 Å². The fourth-order valence-corrected chi connectivity index (χ4v) is 2.53. The molecule has 1 aliphatic rings. The van der Waals surface area contributed by atoms with Crippen LogP contribution in [-0.2, 0) is 10.2 Å². The van der Waals surface area contributed by atoms with Crippen molar-refractivity contribution in [2.45, 2.75) is 32.3 Å². The zero-order chi connectivity index (χ0) is 15.3. The van der Waals surface area contributed by atoms with Crippen LogP contribution in [0.25, 0.3) is 0 Å². The molecule has 0 spiro atoms. The predicted octanol–water partition coefficient (Wildman–Crippen LogP) is 2.06. The standard InChI is InChI=1S/C17H27NO3/c1-17(2,3)15-6-4-5-7-16(15)21-13-14(19)12-18-8-10-20-11-9-18/h4-7,14,19H,8-13H2,1-3H3/t14-/m1/s1. The third kappa shape index (κ3) is 4.99. The Labute approximate surface area is 127 Å². The molecule has 118 valence electrons. The maximum Gasteiger partial charge on any atom is 0.123 e. The molecule has 1 fully saturated rings. The van der Waals surface area contributed by atoms with Crippen molar-refractivity contribution in [3.63, 3.8) is 0 Å². The van der Waals surface area contributed by atoms with Crippen LogP contribution in [0, 0.1) is 0 Å². The summed E-state index contributed by atoms with van der Waals surface area (Å²) < 4.78 is 11.2. The molecule has 0 bridgehead atoms. The van der Waals surface area contributed by atoms with E-state index in [2.05, 4.69) is 31.7 Å². The van der Waals surface area contributed by atoms with Gasteiger partial charge in [-0.2, -0.15) is 0 Å². The van der Waals surface area contributed by atoms with Gasteiger partial charge in [0.05, 0.1) is 13.2 Å². The van der Waals surface area contributed by atoms with Crippen LogP contribution in [0.5, 0.6) is 5.75 Å². The summed E-state index contributed by atoms with van der Waals surface area (Å²) in [5.41, 5.74) is 1.20. The Morgan fingerprint density at radius 3 is 2.57 bits per heavy atom. The molecule has 0 aliphatic carbocycles. The van der Waals surface area contributed by atoms with Crippen LogP contribution in [0.15, 0.2) is 24.3 Å². The third-order valence-corrected chi connectivity index (χ3v) is 3.70. The van der Waals surface area contributed by atoms with Crippen LogP contribution in [0.3, 0.4) is 0 Å². The topological polar surface area (TPSA) is 41.9 Å². The average molecular weight is 293 g/mol. The minimum Gasteiger partial charge on any atom is -0.491 e. The Morgan fingerprint density at radius 2 is 1.90 bits per heavy atom. The second kappa shape index (κ2) is 7.25. The van der Waals surface area contributed by atoms with E-state index < -0.39 is 6.10 Å². The highest BCUT2D eigenvalue weighted by molar-refractivity contribution is 5.38. The number of β-amino-alcohol motifs (C(OH)–C–C–N with tert-alkyl or cyclic N) is 1. The number of aliphatic hydroxyl groups excluding tert-OH is 1. The van der Waals surface area contributed by atoms with Crippen molar-refractivity contribution in [2.24, 2.45) is 0 Å². The van der Waals surface area contributed by atoms with Gasteiger partial charge in [0.25, 0.3) is 0 Å². The van der Waals surface area contributed by atoms with E-state index in [4.69, 9.17) is 9.47 Å². The molecular formula is C17H27NO3. The molecule has 1 aliphatic heterocycles. The first-order valence-electron chi connectivity index (χ1n) is 7.67. The molecule has 1 atom stereocenters. The van der Waals surface area contributed by atoms with Crippen LogP contribution in [0.1, 0.15) is 26.3 Å². The molecule has 4 nitrogen and oxygen atoms in total. The molecule has 1 heterocycles. The van der Waals surface area contributed by atoms with Gasteiger partial charge in [-0.1, -0.05) is 39.0 Å². The summed E-state index contributed by atoms with van der Waals surface area (Å²) in [5.74, 6) is 0.867. The molecule has 0 amide bonds. The monoisotopic (exact) mass is 293 g/mol. The lowest BCUT2D eigenvalue weighted by atomic mass is 9.86. The van der Waals surface area contributed by atoms with Crippen molar-refractivity contribution in [2.75, 3.05) is 39.5 Å². The lowest BCUT2D eigenvalue weighted by molar-refractivity contribution is 0.00450. The molecule has 2 rings (SSSR count). The van der Waals surface area contributed by atoms with Crippen molar-refractivity contribution >= 4 is 0 Å². The van der Waals surface area contributed by atoms with Crippen LogP contribution in [-0.4, -0.2) is 55.6 Å². The maximum atomic E-state index is 10.1. The Balaban J connectivity index is 1.87. The molecule has 0 radical (unpaired) electrons. The van der Waals surface area contributed by atoms with Gasteiger partial charge in [0.15, 0.2) is 0 Å². The Kier molecular flexibility index (Phi) is 5.62. The molecule has 0 unspecified atom stereocenters. The van der Waals surface area contributed by atoms with Crippen molar-refractivity contribution in [1.29, 1.82) is 0 Å². The Morgan fingerprint density at radius 1 is 1.24 bits per heavy atom. The number of hydrogen-bond donors (Lipinski definition) is 1. The maximum absolute atomic E-state index is 10.1. The largest absolute Gasteiger partial charge is 0.491 e. The molecule has 1 N–H and O–H groups in total. The summed E-state index contributed by atoms with van der Waals surface area (Å²) in [4.78, 5) is 2.22. The fourth-order valence-electron chi connectivity index (χ4n) is 2.53. The lowest BCUT2D eigenvalue weighted by Gasteiger charge is -2.29. The second-order valence-corrected chi connectivity index (χ2v) is 6.62. The van der Waals surface area contributed by atoms with Gasteiger partial charge in [0, 0.05) is 19.6 Å². The van der Waals surface area contributed by atoms with Crippen LogP contribution < -0.4 is 4.74 Å². The van der Waals surface area contributed by atoms with E-state index in [-0.39, 0.29) is 5.41 Å². The van der Waals surface area contributed by atoms with Crippen LogP contribution in [0.4, 0.5) is 0 Å². The average Bonchev–Trinajstić information content (AvgIpc) is 2.45. The van der Waals surface area contributed by atoms with E-state index in [1.165, 1.54) is 5.56 Å².